The van der Waals surface area contributed by atoms with Gasteiger partial charge in [0.1, 0.15) is 10.8 Å². The third-order valence-corrected chi connectivity index (χ3v) is 3.46. The highest BCUT2D eigenvalue weighted by Gasteiger charge is 2.12. The molecule has 4 nitrogen and oxygen atoms in total. The summed E-state index contributed by atoms with van der Waals surface area (Å²) in [5.74, 6) is -0.902. The maximum atomic E-state index is 13.3. The van der Waals surface area contributed by atoms with Crippen molar-refractivity contribution >= 4 is 28.3 Å². The number of thiocarbonyl (C=S) groups is 1. The highest BCUT2D eigenvalue weighted by molar-refractivity contribution is 7.80. The van der Waals surface area contributed by atoms with Gasteiger partial charge in [0.05, 0.1) is 12.1 Å². The van der Waals surface area contributed by atoms with Gasteiger partial charge in [0.25, 0.3) is 0 Å². The number of nitrogens with two attached hydrogens (primary N) is 1. The number of fused-ring (bicyclic) bond motifs is 1. The summed E-state index contributed by atoms with van der Waals surface area (Å²) in [5, 5.41) is 0. The zero-order chi connectivity index (χ0) is 15.0. The van der Waals surface area contributed by atoms with E-state index in [-0.39, 0.29) is 11.5 Å². The third-order valence-electron chi connectivity index (χ3n) is 3.24. The summed E-state index contributed by atoms with van der Waals surface area (Å²) in [6, 6.07) is 11.2. The van der Waals surface area contributed by atoms with Crippen molar-refractivity contribution in [2.24, 2.45) is 5.73 Å². The van der Waals surface area contributed by atoms with Gasteiger partial charge in [-0.15, -0.1) is 0 Å². The Morgan fingerprint density at radius 2 is 2.05 bits per heavy atom. The van der Waals surface area contributed by atoms with E-state index in [4.69, 9.17) is 22.4 Å². The van der Waals surface area contributed by atoms with Crippen LogP contribution in [0.2, 0.25) is 0 Å². The quantitative estimate of drug-likeness (QED) is 0.755. The van der Waals surface area contributed by atoms with Gasteiger partial charge in [-0.1, -0.05) is 30.4 Å². The van der Waals surface area contributed by atoms with Crippen molar-refractivity contribution in [2.75, 3.05) is 0 Å². The van der Waals surface area contributed by atoms with Crippen LogP contribution in [0.25, 0.3) is 11.1 Å². The summed E-state index contributed by atoms with van der Waals surface area (Å²) >= 11 is 4.93. The highest BCUT2D eigenvalue weighted by atomic mass is 32.1. The van der Waals surface area contributed by atoms with Gasteiger partial charge in [0.2, 0.25) is 0 Å². The van der Waals surface area contributed by atoms with Crippen LogP contribution in [0.15, 0.2) is 51.7 Å². The molecule has 0 saturated heterocycles. The van der Waals surface area contributed by atoms with Crippen LogP contribution in [-0.2, 0) is 6.54 Å². The van der Waals surface area contributed by atoms with E-state index >= 15 is 0 Å². The minimum atomic E-state index is -0.477. The summed E-state index contributed by atoms with van der Waals surface area (Å²) in [5.41, 5.74) is 7.87. The summed E-state index contributed by atoms with van der Waals surface area (Å²) in [6.07, 6.45) is 0. The number of oxazole rings is 1. The molecule has 1 aromatic heterocycles. The number of benzene rings is 2. The highest BCUT2D eigenvalue weighted by Crippen LogP contribution is 2.17. The zero-order valence-electron chi connectivity index (χ0n) is 10.9. The SMILES string of the molecule is NC(=S)c1cc(F)ccc1Cn1c(=O)oc2ccccc21. The molecule has 0 aliphatic rings. The molecule has 0 bridgehead atoms. The lowest BCUT2D eigenvalue weighted by atomic mass is 10.1. The Bertz CT molecular complexity index is 898. The Hall–Kier alpha value is -2.47. The van der Waals surface area contributed by atoms with Crippen molar-refractivity contribution in [2.45, 2.75) is 6.54 Å². The molecular weight excluding hydrogens is 291 g/mol. The zero-order valence-corrected chi connectivity index (χ0v) is 11.7. The van der Waals surface area contributed by atoms with E-state index in [2.05, 4.69) is 0 Å². The van der Waals surface area contributed by atoms with Gasteiger partial charge < -0.3 is 10.2 Å². The van der Waals surface area contributed by atoms with Crippen molar-refractivity contribution in [3.63, 3.8) is 0 Å². The molecule has 6 heteroatoms. The Kier molecular flexibility index (Phi) is 3.31. The minimum absolute atomic E-state index is 0.0883. The molecule has 0 saturated carbocycles. The number of hydrogen-bond donors (Lipinski definition) is 1. The molecule has 2 aromatic carbocycles. The third kappa shape index (κ3) is 2.45. The van der Waals surface area contributed by atoms with Gasteiger partial charge in [-0.3, -0.25) is 4.57 Å². The lowest BCUT2D eigenvalue weighted by Crippen LogP contribution is -2.19. The summed E-state index contributed by atoms with van der Waals surface area (Å²) in [4.78, 5) is 12.0. The van der Waals surface area contributed by atoms with Crippen LogP contribution in [0.1, 0.15) is 11.1 Å². The second-order valence-electron chi connectivity index (χ2n) is 4.59. The van der Waals surface area contributed by atoms with Crippen LogP contribution in [0.5, 0.6) is 0 Å². The predicted octanol–water partition coefficient (Wildman–Crippen LogP) is 2.42. The summed E-state index contributed by atoms with van der Waals surface area (Å²) < 4.78 is 19.9. The van der Waals surface area contributed by atoms with Gasteiger partial charge in [-0.2, -0.15) is 0 Å². The molecule has 0 fully saturated rings. The number of aromatic nitrogens is 1. The molecular formula is C15H11FN2O2S. The molecule has 0 aliphatic carbocycles. The van der Waals surface area contributed by atoms with E-state index in [1.54, 1.807) is 24.3 Å². The first-order chi connectivity index (χ1) is 10.1. The molecule has 0 aliphatic heterocycles. The van der Waals surface area contributed by atoms with Crippen LogP contribution in [-0.4, -0.2) is 9.56 Å². The van der Waals surface area contributed by atoms with E-state index in [9.17, 15) is 9.18 Å². The summed E-state index contributed by atoms with van der Waals surface area (Å²) in [6.45, 7) is 0.211. The first-order valence-electron chi connectivity index (χ1n) is 6.23. The number of para-hydroxylation sites is 2. The number of nitrogens with zero attached hydrogens (tertiary/aromatic N) is 1. The van der Waals surface area contributed by atoms with Gasteiger partial charge in [-0.05, 0) is 29.8 Å². The van der Waals surface area contributed by atoms with E-state index in [1.807, 2.05) is 6.07 Å². The normalized spacial score (nSPS) is 10.9. The van der Waals surface area contributed by atoms with Gasteiger partial charge in [0, 0.05) is 5.56 Å². The Balaban J connectivity index is 2.13. The summed E-state index contributed by atoms with van der Waals surface area (Å²) in [7, 11) is 0. The van der Waals surface area contributed by atoms with Crippen LogP contribution in [0.3, 0.4) is 0 Å². The Morgan fingerprint density at radius 3 is 2.81 bits per heavy atom. The van der Waals surface area contributed by atoms with E-state index in [1.165, 1.54) is 16.7 Å². The van der Waals surface area contributed by atoms with E-state index in [0.29, 0.717) is 22.2 Å². The van der Waals surface area contributed by atoms with Crippen molar-refractivity contribution in [3.8, 4) is 0 Å². The lowest BCUT2D eigenvalue weighted by molar-refractivity contribution is 0.517. The maximum Gasteiger partial charge on any atom is 0.420 e. The molecule has 0 amide bonds. The average Bonchev–Trinajstić information content (AvgIpc) is 2.77. The molecule has 3 aromatic rings. The minimum Gasteiger partial charge on any atom is -0.408 e. The van der Waals surface area contributed by atoms with Crippen molar-refractivity contribution in [1.29, 1.82) is 0 Å². The molecule has 0 unspecified atom stereocenters. The Morgan fingerprint density at radius 1 is 1.29 bits per heavy atom. The molecule has 1 heterocycles. The monoisotopic (exact) mass is 302 g/mol. The lowest BCUT2D eigenvalue weighted by Gasteiger charge is -2.09. The van der Waals surface area contributed by atoms with E-state index in [0.717, 1.165) is 0 Å². The van der Waals surface area contributed by atoms with Crippen LogP contribution >= 0.6 is 12.2 Å². The Labute approximate surface area is 124 Å². The van der Waals surface area contributed by atoms with Gasteiger partial charge in [0.15, 0.2) is 5.58 Å². The van der Waals surface area contributed by atoms with Crippen molar-refractivity contribution < 1.29 is 8.81 Å². The van der Waals surface area contributed by atoms with Crippen LogP contribution in [0.4, 0.5) is 4.39 Å². The molecule has 21 heavy (non-hydrogen) atoms. The number of halogens is 1. The first kappa shape index (κ1) is 13.5. The van der Waals surface area contributed by atoms with Crippen LogP contribution in [0, 0.1) is 5.82 Å². The second kappa shape index (κ2) is 5.14. The van der Waals surface area contributed by atoms with Gasteiger partial charge >= 0.3 is 5.76 Å². The maximum absolute atomic E-state index is 13.3. The topological polar surface area (TPSA) is 61.2 Å². The standard InChI is InChI=1S/C15H11FN2O2S/c16-10-6-5-9(11(7-10)14(17)21)8-18-12-3-1-2-4-13(12)20-15(18)19/h1-7H,8H2,(H2,17,21). The number of rotatable bonds is 3. The van der Waals surface area contributed by atoms with Crippen molar-refractivity contribution in [3.05, 3.63) is 70.0 Å². The van der Waals surface area contributed by atoms with Crippen molar-refractivity contribution in [1.82, 2.24) is 4.57 Å². The van der Waals surface area contributed by atoms with E-state index < -0.39 is 11.6 Å². The smallest absolute Gasteiger partial charge is 0.408 e. The van der Waals surface area contributed by atoms with Crippen LogP contribution < -0.4 is 11.5 Å². The number of hydrogen-bond acceptors (Lipinski definition) is 3. The molecule has 0 radical (unpaired) electrons. The molecule has 2 N–H and O–H groups in total. The second-order valence-corrected chi connectivity index (χ2v) is 5.03. The molecule has 3 rings (SSSR count). The van der Waals surface area contributed by atoms with Gasteiger partial charge in [-0.25, -0.2) is 9.18 Å². The first-order valence-corrected chi connectivity index (χ1v) is 6.63. The fourth-order valence-electron chi connectivity index (χ4n) is 2.25. The average molecular weight is 302 g/mol. The largest absolute Gasteiger partial charge is 0.420 e. The molecule has 0 spiro atoms. The fraction of sp³-hybridized carbons (Fsp3) is 0.0667. The molecule has 0 atom stereocenters. The molecule has 106 valence electrons. The predicted molar refractivity (Wildman–Crippen MR) is 81.9 cm³/mol. The fourth-order valence-corrected chi connectivity index (χ4v) is 2.44.